The molecule has 0 amide bonds. The summed E-state index contributed by atoms with van der Waals surface area (Å²) in [5.41, 5.74) is 0. The van der Waals surface area contributed by atoms with Gasteiger partial charge in [0.25, 0.3) is 0 Å². The van der Waals surface area contributed by atoms with Gasteiger partial charge in [-0.15, -0.1) is 0 Å². The van der Waals surface area contributed by atoms with Crippen LogP contribution >= 0.6 is 0 Å². The number of β-amino-alcohol motifs (C(OH)–C–C–N with tert-alkyl or cyclic N) is 1. The van der Waals surface area contributed by atoms with E-state index < -0.39 is 0 Å². The van der Waals surface area contributed by atoms with Crippen molar-refractivity contribution in [3.63, 3.8) is 0 Å². The van der Waals surface area contributed by atoms with Gasteiger partial charge in [-0.1, -0.05) is 52.4 Å². The van der Waals surface area contributed by atoms with E-state index in [1.807, 2.05) is 0 Å². The number of piperidine rings is 8. The number of nitrogens with one attached hydrogen (secondary N) is 6. The smallest absolute Gasteiger partial charge is 0.0558 e. The summed E-state index contributed by atoms with van der Waals surface area (Å²) in [5, 5.41) is 28.7. The zero-order valence-electron chi connectivity index (χ0n) is 39.4. The molecule has 9 heteroatoms. The Balaban J connectivity index is 0.000000327. The fraction of sp³-hybridized carbons (Fsp3) is 1.00. The van der Waals surface area contributed by atoms with Crippen molar-refractivity contribution in [1.82, 2.24) is 41.7 Å². The normalized spacial score (nSPS) is 28.5. The van der Waals surface area contributed by atoms with Gasteiger partial charge in [0.1, 0.15) is 0 Å². The highest BCUT2D eigenvalue weighted by Crippen LogP contribution is 2.11. The lowest BCUT2D eigenvalue weighted by Gasteiger charge is -2.25. The lowest BCUT2D eigenvalue weighted by Crippen LogP contribution is -2.38. The van der Waals surface area contributed by atoms with Gasteiger partial charge in [0.15, 0.2) is 0 Å². The topological polar surface area (TPSA) is 98.9 Å². The second kappa shape index (κ2) is 41.0. The average Bonchev–Trinajstić information content (AvgIpc) is 3.25. The summed E-state index contributed by atoms with van der Waals surface area (Å²) in [6, 6.07) is 2.31. The van der Waals surface area contributed by atoms with Gasteiger partial charge in [-0.25, -0.2) is 0 Å². The summed E-state index contributed by atoms with van der Waals surface area (Å²) in [6.07, 6.45) is 30.6. The van der Waals surface area contributed by atoms with Crippen LogP contribution in [0.3, 0.4) is 0 Å². The molecule has 4 unspecified atom stereocenters. The molecule has 0 radical (unpaired) electrons. The van der Waals surface area contributed by atoms with Gasteiger partial charge in [-0.05, 0) is 227 Å². The first-order chi connectivity index (χ1) is 27.8. The molecular weight excluding hydrogens is 705 g/mol. The van der Waals surface area contributed by atoms with Gasteiger partial charge >= 0.3 is 0 Å². The van der Waals surface area contributed by atoms with Crippen molar-refractivity contribution in [2.45, 2.75) is 194 Å². The first-order valence-electron chi connectivity index (χ1n) is 25.1. The predicted molar refractivity (Wildman–Crippen MR) is 252 cm³/mol. The Morgan fingerprint density at radius 3 is 1.16 bits per heavy atom. The maximum Gasteiger partial charge on any atom is 0.0558 e. The number of likely N-dealkylation sites (tertiary alicyclic amines) is 2. The van der Waals surface area contributed by atoms with Crippen molar-refractivity contribution in [2.24, 2.45) is 11.8 Å². The summed E-state index contributed by atoms with van der Waals surface area (Å²) in [7, 11) is 2.19. The molecule has 8 heterocycles. The molecule has 0 saturated carbocycles. The van der Waals surface area contributed by atoms with Crippen LogP contribution in [0.4, 0.5) is 0 Å². The number of nitrogens with zero attached hydrogens (tertiary/aromatic N) is 2. The summed E-state index contributed by atoms with van der Waals surface area (Å²) >= 11 is 0. The van der Waals surface area contributed by atoms with E-state index in [1.54, 1.807) is 0 Å². The molecule has 4 atom stereocenters. The van der Waals surface area contributed by atoms with Gasteiger partial charge in [-0.3, -0.25) is 0 Å². The van der Waals surface area contributed by atoms with Crippen molar-refractivity contribution < 1.29 is 5.11 Å². The van der Waals surface area contributed by atoms with Crippen molar-refractivity contribution >= 4 is 0 Å². The highest BCUT2D eigenvalue weighted by atomic mass is 16.3. The van der Waals surface area contributed by atoms with Gasteiger partial charge in [0.2, 0.25) is 0 Å². The number of hydrogen-bond donors (Lipinski definition) is 7. The van der Waals surface area contributed by atoms with Crippen molar-refractivity contribution in [3.05, 3.63) is 0 Å². The van der Waals surface area contributed by atoms with Crippen LogP contribution in [0.25, 0.3) is 0 Å². The quantitative estimate of drug-likeness (QED) is 0.151. The van der Waals surface area contributed by atoms with Crippen LogP contribution in [0.5, 0.6) is 0 Å². The van der Waals surface area contributed by atoms with Crippen LogP contribution in [0.1, 0.15) is 176 Å². The van der Waals surface area contributed by atoms with Gasteiger partial charge < -0.3 is 46.8 Å². The number of rotatable bonds is 2. The minimum absolute atomic E-state index is 0.319. The molecule has 342 valence electrons. The van der Waals surface area contributed by atoms with Crippen molar-refractivity contribution in [3.8, 4) is 0 Å². The van der Waals surface area contributed by atoms with E-state index in [0.29, 0.717) is 6.61 Å². The minimum Gasteiger partial charge on any atom is -0.395 e. The third kappa shape index (κ3) is 38.3. The van der Waals surface area contributed by atoms with Crippen LogP contribution in [0, 0.1) is 11.8 Å². The third-order valence-electron chi connectivity index (χ3n) is 12.4. The van der Waals surface area contributed by atoms with E-state index in [2.05, 4.69) is 83.4 Å². The van der Waals surface area contributed by atoms with Crippen molar-refractivity contribution in [1.29, 1.82) is 0 Å². The Labute approximate surface area is 356 Å². The zero-order valence-corrected chi connectivity index (χ0v) is 39.4. The second-order valence-corrected chi connectivity index (χ2v) is 18.7. The number of aliphatic hydroxyl groups is 1. The second-order valence-electron chi connectivity index (χ2n) is 18.7. The summed E-state index contributed by atoms with van der Waals surface area (Å²) in [5.74, 6) is 1.90. The Hall–Kier alpha value is -0.360. The zero-order chi connectivity index (χ0) is 41.4. The molecule has 7 N–H and O–H groups in total. The number of hydrogen-bond acceptors (Lipinski definition) is 9. The van der Waals surface area contributed by atoms with Crippen LogP contribution in [-0.4, -0.2) is 138 Å². The van der Waals surface area contributed by atoms with Gasteiger partial charge in [-0.2, -0.15) is 0 Å². The predicted octanol–water partition coefficient (Wildman–Crippen LogP) is 7.78. The molecule has 0 aromatic carbocycles. The van der Waals surface area contributed by atoms with E-state index in [1.165, 1.54) is 226 Å². The first kappa shape index (κ1) is 54.7. The van der Waals surface area contributed by atoms with Crippen LogP contribution in [0.2, 0.25) is 0 Å². The summed E-state index contributed by atoms with van der Waals surface area (Å²) in [4.78, 5) is 4.72. The van der Waals surface area contributed by atoms with Gasteiger partial charge in [0, 0.05) is 24.7 Å². The van der Waals surface area contributed by atoms with E-state index in [9.17, 15) is 0 Å². The molecule has 0 aromatic rings. The lowest BCUT2D eigenvalue weighted by molar-refractivity contribution is 0.173. The van der Waals surface area contributed by atoms with Crippen LogP contribution in [0.15, 0.2) is 0 Å². The molecule has 8 saturated heterocycles. The molecule has 0 bridgehead atoms. The molecule has 57 heavy (non-hydrogen) atoms. The molecule has 8 aliphatic rings. The Kier molecular flexibility index (Phi) is 39.3. The maximum absolute atomic E-state index is 8.58. The third-order valence-corrected chi connectivity index (χ3v) is 12.4. The fourth-order valence-electron chi connectivity index (χ4n) is 8.38. The molecule has 8 aliphatic heterocycles. The molecular formula is C48H104N8O. The Morgan fingerprint density at radius 2 is 0.895 bits per heavy atom. The average molecular weight is 809 g/mol. The Bertz CT molecular complexity index is 661. The largest absolute Gasteiger partial charge is 0.395 e. The SMILES string of the molecule is C1CCNCC1.C1CCNCC1.CC1CCCC(C)N1.CC1CCCCN1.CC1CCCNC1.CC1CCNCC1.CN1CCCCC1.OCCN1CCCCC1. The highest BCUT2D eigenvalue weighted by molar-refractivity contribution is 4.73. The fourth-order valence-corrected chi connectivity index (χ4v) is 8.38. The van der Waals surface area contributed by atoms with Crippen LogP contribution in [-0.2, 0) is 0 Å². The Morgan fingerprint density at radius 1 is 0.421 bits per heavy atom. The van der Waals surface area contributed by atoms with E-state index in [0.717, 1.165) is 36.5 Å². The van der Waals surface area contributed by atoms with E-state index in [4.69, 9.17) is 5.11 Å². The molecule has 9 nitrogen and oxygen atoms in total. The monoisotopic (exact) mass is 809 g/mol. The molecule has 0 aliphatic carbocycles. The molecule has 0 aromatic heterocycles. The highest BCUT2D eigenvalue weighted by Gasteiger charge is 2.12. The maximum atomic E-state index is 8.58. The number of aliphatic hydroxyl groups excluding tert-OH is 1. The first-order valence-corrected chi connectivity index (χ1v) is 25.1. The molecule has 8 fully saturated rings. The molecule has 0 spiro atoms. The summed E-state index contributed by atoms with van der Waals surface area (Å²) < 4.78 is 0. The minimum atomic E-state index is 0.319. The van der Waals surface area contributed by atoms with E-state index in [-0.39, 0.29) is 0 Å². The lowest BCUT2D eigenvalue weighted by atomic mass is 10.0. The van der Waals surface area contributed by atoms with E-state index >= 15 is 0 Å². The van der Waals surface area contributed by atoms with Crippen molar-refractivity contribution in [2.75, 3.05) is 105 Å². The summed E-state index contributed by atoms with van der Waals surface area (Å²) in [6.45, 7) is 28.8. The van der Waals surface area contributed by atoms with Crippen LogP contribution < -0.4 is 31.9 Å². The molecule has 8 rings (SSSR count). The standard InChI is InChI=1S/C7H15NO.C7H15N.4C6H13N.2C5H11N/c9-7-6-8-4-2-1-3-5-8;1-6-4-3-5-7(2)8-6;1-6-2-4-7-5-3-6;1-6-3-2-4-7-5-6;1-7-5-3-2-4-6-7;1-6-4-2-3-5-7-6;2*1-2-4-6-5-3-1/h9H,1-7H2;6-8H,3-5H2,1-2H3;2*6-7H,2-5H2,1H3;2-6H2,1H3;6-7H,2-5H2,1H3;2*6H,1-5H2. The van der Waals surface area contributed by atoms with Gasteiger partial charge in [0.05, 0.1) is 6.61 Å².